The van der Waals surface area contributed by atoms with Gasteiger partial charge in [-0.05, 0) is 18.8 Å². The molecule has 0 rings (SSSR count). The van der Waals surface area contributed by atoms with Crippen molar-refractivity contribution < 1.29 is 19.4 Å². The number of hydrogen-bond acceptors (Lipinski definition) is 4. The zero-order chi connectivity index (χ0) is 31.5. The number of carbonyl (C=O) groups is 1. The Bertz CT molecular complexity index is 535. The van der Waals surface area contributed by atoms with Gasteiger partial charge in [-0.2, -0.15) is 0 Å². The maximum Gasteiger partial charge on any atom is 0.305 e. The zero-order valence-electron chi connectivity index (χ0n) is 29.7. The molecule has 43 heavy (non-hydrogen) atoms. The SMILES string of the molecule is CCCCCCCCCCCCCCCCCCOCC(O)COC(=O)CCCCCCCCCCCCCCC(C)C. The van der Waals surface area contributed by atoms with Crippen LogP contribution >= 0.6 is 0 Å². The van der Waals surface area contributed by atoms with Crippen LogP contribution in [-0.2, 0) is 14.3 Å². The minimum atomic E-state index is -0.718. The summed E-state index contributed by atoms with van der Waals surface area (Å²) in [7, 11) is 0. The summed E-state index contributed by atoms with van der Waals surface area (Å²) < 4.78 is 10.8. The van der Waals surface area contributed by atoms with Crippen LogP contribution in [0.25, 0.3) is 0 Å². The highest BCUT2D eigenvalue weighted by Crippen LogP contribution is 2.15. The van der Waals surface area contributed by atoms with Crippen LogP contribution in [0.4, 0.5) is 0 Å². The van der Waals surface area contributed by atoms with Gasteiger partial charge < -0.3 is 14.6 Å². The second-order valence-corrected chi connectivity index (χ2v) is 13.9. The molecule has 0 amide bonds. The Labute approximate surface area is 270 Å². The Morgan fingerprint density at radius 2 is 0.884 bits per heavy atom. The second kappa shape index (κ2) is 35.9. The minimum absolute atomic E-state index is 0.0511. The van der Waals surface area contributed by atoms with E-state index in [0.29, 0.717) is 13.0 Å². The molecule has 258 valence electrons. The van der Waals surface area contributed by atoms with E-state index in [4.69, 9.17) is 9.47 Å². The van der Waals surface area contributed by atoms with Crippen LogP contribution < -0.4 is 0 Å². The van der Waals surface area contributed by atoms with Crippen LogP contribution in [0.15, 0.2) is 0 Å². The average Bonchev–Trinajstić information content (AvgIpc) is 2.99. The normalized spacial score (nSPS) is 12.3. The first-order valence-corrected chi connectivity index (χ1v) is 19.5. The number of esters is 1. The summed E-state index contributed by atoms with van der Waals surface area (Å²) in [6, 6.07) is 0. The molecular formula is C39H78O4. The van der Waals surface area contributed by atoms with Gasteiger partial charge in [0.25, 0.3) is 0 Å². The lowest BCUT2D eigenvalue weighted by atomic mass is 10.0. The average molecular weight is 611 g/mol. The van der Waals surface area contributed by atoms with Crippen molar-refractivity contribution in [2.24, 2.45) is 5.92 Å². The molecule has 0 aliphatic rings. The van der Waals surface area contributed by atoms with Crippen molar-refractivity contribution in [2.75, 3.05) is 19.8 Å². The highest BCUT2D eigenvalue weighted by atomic mass is 16.5. The summed E-state index contributed by atoms with van der Waals surface area (Å²) in [5.41, 5.74) is 0. The first-order valence-electron chi connectivity index (χ1n) is 19.5. The molecule has 0 aliphatic carbocycles. The van der Waals surface area contributed by atoms with Crippen molar-refractivity contribution in [3.8, 4) is 0 Å². The van der Waals surface area contributed by atoms with E-state index < -0.39 is 6.10 Å². The van der Waals surface area contributed by atoms with E-state index in [1.807, 2.05) is 0 Å². The van der Waals surface area contributed by atoms with Gasteiger partial charge in [-0.1, -0.05) is 194 Å². The molecule has 0 aromatic heterocycles. The number of rotatable bonds is 36. The molecule has 0 aromatic carbocycles. The molecule has 0 saturated heterocycles. The van der Waals surface area contributed by atoms with Crippen molar-refractivity contribution in [1.29, 1.82) is 0 Å². The summed E-state index contributed by atoms with van der Waals surface area (Å²) in [6.07, 6.45) is 38.4. The number of aliphatic hydroxyl groups excluding tert-OH is 1. The van der Waals surface area contributed by atoms with Gasteiger partial charge in [0.05, 0.1) is 6.61 Å². The Morgan fingerprint density at radius 1 is 0.512 bits per heavy atom. The number of carbonyl (C=O) groups excluding carboxylic acids is 1. The van der Waals surface area contributed by atoms with Crippen molar-refractivity contribution in [3.63, 3.8) is 0 Å². The Morgan fingerprint density at radius 3 is 1.30 bits per heavy atom. The van der Waals surface area contributed by atoms with Crippen LogP contribution in [0.5, 0.6) is 0 Å². The molecule has 0 aliphatic heterocycles. The second-order valence-electron chi connectivity index (χ2n) is 13.9. The maximum absolute atomic E-state index is 11.9. The van der Waals surface area contributed by atoms with Crippen LogP contribution in [0.3, 0.4) is 0 Å². The monoisotopic (exact) mass is 611 g/mol. The molecule has 0 fully saturated rings. The molecular weight excluding hydrogens is 532 g/mol. The van der Waals surface area contributed by atoms with Crippen LogP contribution in [-0.4, -0.2) is 37.0 Å². The van der Waals surface area contributed by atoms with Gasteiger partial charge >= 0.3 is 5.97 Å². The van der Waals surface area contributed by atoms with Crippen molar-refractivity contribution in [2.45, 2.75) is 219 Å². The standard InChI is InChI=1S/C39H78O4/c1-4-5-6-7-8-9-10-11-12-13-16-19-22-25-28-31-34-42-35-38(40)36-43-39(41)33-30-27-24-21-18-15-14-17-20-23-26-29-32-37(2)3/h37-38,40H,4-36H2,1-3H3. The molecule has 0 aromatic rings. The lowest BCUT2D eigenvalue weighted by molar-refractivity contribution is -0.147. The summed E-state index contributed by atoms with van der Waals surface area (Å²) in [5.74, 6) is 0.664. The van der Waals surface area contributed by atoms with Gasteiger partial charge in [0, 0.05) is 13.0 Å². The van der Waals surface area contributed by atoms with E-state index in [1.54, 1.807) is 0 Å². The molecule has 1 unspecified atom stereocenters. The van der Waals surface area contributed by atoms with E-state index in [0.717, 1.165) is 25.2 Å². The molecule has 4 nitrogen and oxygen atoms in total. The Kier molecular flexibility index (Phi) is 35.4. The summed E-state index contributed by atoms with van der Waals surface area (Å²) >= 11 is 0. The van der Waals surface area contributed by atoms with Gasteiger partial charge in [-0.15, -0.1) is 0 Å². The lowest BCUT2D eigenvalue weighted by Crippen LogP contribution is -2.24. The molecule has 0 heterocycles. The third-order valence-electron chi connectivity index (χ3n) is 8.80. The van der Waals surface area contributed by atoms with Gasteiger partial charge in [0.1, 0.15) is 12.7 Å². The number of hydrogen-bond donors (Lipinski definition) is 1. The molecule has 1 N–H and O–H groups in total. The smallest absolute Gasteiger partial charge is 0.305 e. The molecule has 0 bridgehead atoms. The van der Waals surface area contributed by atoms with Crippen molar-refractivity contribution in [3.05, 3.63) is 0 Å². The number of aliphatic hydroxyl groups is 1. The van der Waals surface area contributed by atoms with Crippen LogP contribution in [0.2, 0.25) is 0 Å². The lowest BCUT2D eigenvalue weighted by Gasteiger charge is -2.12. The van der Waals surface area contributed by atoms with Gasteiger partial charge in [0.15, 0.2) is 0 Å². The molecule has 0 saturated carbocycles. The van der Waals surface area contributed by atoms with E-state index in [-0.39, 0.29) is 19.2 Å². The number of ether oxygens (including phenoxy) is 2. The van der Waals surface area contributed by atoms with Gasteiger partial charge in [-0.25, -0.2) is 0 Å². The van der Waals surface area contributed by atoms with Gasteiger partial charge in [-0.3, -0.25) is 4.79 Å². The fourth-order valence-electron chi connectivity index (χ4n) is 5.87. The van der Waals surface area contributed by atoms with Crippen LogP contribution in [0, 0.1) is 5.92 Å². The quantitative estimate of drug-likeness (QED) is 0.0566. The summed E-state index contributed by atoms with van der Waals surface area (Å²) in [5, 5.41) is 10.0. The fourth-order valence-corrected chi connectivity index (χ4v) is 5.87. The van der Waals surface area contributed by atoms with E-state index in [1.165, 1.54) is 167 Å². The van der Waals surface area contributed by atoms with Crippen LogP contribution in [0.1, 0.15) is 213 Å². The van der Waals surface area contributed by atoms with E-state index >= 15 is 0 Å². The Hall–Kier alpha value is -0.610. The fraction of sp³-hybridized carbons (Fsp3) is 0.974. The minimum Gasteiger partial charge on any atom is -0.463 e. The summed E-state index contributed by atoms with van der Waals surface area (Å²) in [6.45, 7) is 7.91. The first kappa shape index (κ1) is 42.4. The molecule has 0 radical (unpaired) electrons. The third kappa shape index (κ3) is 37.5. The highest BCUT2D eigenvalue weighted by Gasteiger charge is 2.09. The van der Waals surface area contributed by atoms with Crippen molar-refractivity contribution in [1.82, 2.24) is 0 Å². The predicted molar refractivity (Wildman–Crippen MR) is 187 cm³/mol. The molecule has 4 heteroatoms. The van der Waals surface area contributed by atoms with Crippen molar-refractivity contribution >= 4 is 5.97 Å². The van der Waals surface area contributed by atoms with E-state index in [2.05, 4.69) is 20.8 Å². The Balaban J connectivity index is 3.26. The largest absolute Gasteiger partial charge is 0.463 e. The number of unbranched alkanes of at least 4 members (excludes halogenated alkanes) is 26. The molecule has 0 spiro atoms. The van der Waals surface area contributed by atoms with E-state index in [9.17, 15) is 9.90 Å². The highest BCUT2D eigenvalue weighted by molar-refractivity contribution is 5.69. The third-order valence-corrected chi connectivity index (χ3v) is 8.80. The topological polar surface area (TPSA) is 55.8 Å². The molecule has 1 atom stereocenters. The first-order chi connectivity index (χ1) is 21.1. The maximum atomic E-state index is 11.9. The predicted octanol–water partition coefficient (Wildman–Crippen LogP) is 12.3. The zero-order valence-corrected chi connectivity index (χ0v) is 29.7. The summed E-state index contributed by atoms with van der Waals surface area (Å²) in [4.78, 5) is 11.9. The van der Waals surface area contributed by atoms with Gasteiger partial charge in [0.2, 0.25) is 0 Å².